The summed E-state index contributed by atoms with van der Waals surface area (Å²) in [6.45, 7) is 4.61. The Balaban J connectivity index is 1.73. The maximum Gasteiger partial charge on any atom is 0.292 e. The van der Waals surface area contributed by atoms with Crippen LogP contribution in [0.5, 0.6) is 0 Å². The van der Waals surface area contributed by atoms with Gasteiger partial charge in [0.15, 0.2) is 5.43 Å². The molecule has 8 nitrogen and oxygen atoms in total. The zero-order valence-corrected chi connectivity index (χ0v) is 14.3. The van der Waals surface area contributed by atoms with Crippen LogP contribution < -0.4 is 16.1 Å². The van der Waals surface area contributed by atoms with Gasteiger partial charge >= 0.3 is 0 Å². The molecule has 0 bridgehead atoms. The van der Waals surface area contributed by atoms with Gasteiger partial charge in [0.1, 0.15) is 0 Å². The lowest BCUT2D eigenvalue weighted by atomic mass is 10.0. The van der Waals surface area contributed by atoms with Gasteiger partial charge < -0.3 is 20.1 Å². The second-order valence-electron chi connectivity index (χ2n) is 5.80. The van der Waals surface area contributed by atoms with Crippen molar-refractivity contribution in [1.82, 2.24) is 25.8 Å². The van der Waals surface area contributed by atoms with Gasteiger partial charge in [-0.3, -0.25) is 9.59 Å². The van der Waals surface area contributed by atoms with Crippen LogP contribution in [-0.4, -0.2) is 28.1 Å². The summed E-state index contributed by atoms with van der Waals surface area (Å²) in [5.74, 6) is -0.113. The molecular formula is C17H19N5O3. The van der Waals surface area contributed by atoms with E-state index in [2.05, 4.69) is 25.8 Å². The van der Waals surface area contributed by atoms with Crippen molar-refractivity contribution in [2.75, 3.05) is 7.05 Å². The van der Waals surface area contributed by atoms with Crippen molar-refractivity contribution >= 4 is 16.8 Å². The third-order valence-corrected chi connectivity index (χ3v) is 3.95. The number of amides is 1. The summed E-state index contributed by atoms with van der Waals surface area (Å²) in [5.41, 5.74) is 3.58. The molecule has 0 saturated heterocycles. The highest BCUT2D eigenvalue weighted by Crippen LogP contribution is 2.17. The molecule has 0 aliphatic rings. The summed E-state index contributed by atoms with van der Waals surface area (Å²) in [5, 5.41) is 9.85. The van der Waals surface area contributed by atoms with Crippen molar-refractivity contribution in [2.24, 2.45) is 0 Å². The van der Waals surface area contributed by atoms with Gasteiger partial charge in [0.2, 0.25) is 5.89 Å². The Bertz CT molecular complexity index is 990. The second-order valence-corrected chi connectivity index (χ2v) is 5.80. The Morgan fingerprint density at radius 1 is 1.24 bits per heavy atom. The Morgan fingerprint density at radius 3 is 2.76 bits per heavy atom. The number of fused-ring (bicyclic) bond motifs is 1. The molecule has 1 amide bonds. The molecule has 25 heavy (non-hydrogen) atoms. The number of pyridine rings is 1. The maximum absolute atomic E-state index is 12.4. The normalized spacial score (nSPS) is 11.0. The first-order valence-electron chi connectivity index (χ1n) is 7.87. The molecule has 0 saturated carbocycles. The Morgan fingerprint density at radius 2 is 2.00 bits per heavy atom. The van der Waals surface area contributed by atoms with Crippen molar-refractivity contribution in [1.29, 1.82) is 0 Å². The molecule has 0 atom stereocenters. The number of nitrogens with zero attached hydrogens (tertiary/aromatic N) is 2. The molecule has 0 aliphatic heterocycles. The van der Waals surface area contributed by atoms with Gasteiger partial charge in [0, 0.05) is 30.7 Å². The number of aromatic nitrogens is 3. The zero-order valence-electron chi connectivity index (χ0n) is 14.3. The van der Waals surface area contributed by atoms with Crippen molar-refractivity contribution in [3.8, 4) is 0 Å². The topological polar surface area (TPSA) is 113 Å². The monoisotopic (exact) mass is 341 g/mol. The minimum absolute atomic E-state index is 0.00792. The summed E-state index contributed by atoms with van der Waals surface area (Å²) in [6.07, 6.45) is 0. The highest BCUT2D eigenvalue weighted by atomic mass is 16.5. The number of carbonyl (C=O) groups is 1. The number of aryl methyl sites for hydroxylation is 2. The molecule has 3 rings (SSSR count). The van der Waals surface area contributed by atoms with Crippen LogP contribution in [0.25, 0.3) is 10.9 Å². The highest BCUT2D eigenvalue weighted by molar-refractivity contribution is 5.89. The maximum atomic E-state index is 12.4. The van der Waals surface area contributed by atoms with Gasteiger partial charge in [0.25, 0.3) is 11.7 Å². The first-order valence-corrected chi connectivity index (χ1v) is 7.87. The lowest BCUT2D eigenvalue weighted by molar-refractivity contribution is 0.0950. The van der Waals surface area contributed by atoms with E-state index in [1.54, 1.807) is 6.07 Å². The number of rotatable bonds is 5. The zero-order chi connectivity index (χ0) is 18.0. The third kappa shape index (κ3) is 3.43. The van der Waals surface area contributed by atoms with E-state index in [4.69, 9.17) is 4.52 Å². The largest absolute Gasteiger partial charge is 0.357 e. The van der Waals surface area contributed by atoms with Crippen LogP contribution in [0.4, 0.5) is 0 Å². The Labute approximate surface area is 143 Å². The van der Waals surface area contributed by atoms with E-state index < -0.39 is 5.91 Å². The van der Waals surface area contributed by atoms with Gasteiger partial charge in [-0.25, -0.2) is 0 Å². The Kier molecular flexibility index (Phi) is 4.62. The van der Waals surface area contributed by atoms with Crippen LogP contribution in [0.15, 0.2) is 27.5 Å². The van der Waals surface area contributed by atoms with E-state index in [1.807, 2.05) is 26.0 Å². The highest BCUT2D eigenvalue weighted by Gasteiger charge is 2.12. The van der Waals surface area contributed by atoms with Crippen molar-refractivity contribution in [2.45, 2.75) is 26.9 Å². The van der Waals surface area contributed by atoms with Gasteiger partial charge in [-0.2, -0.15) is 4.98 Å². The molecule has 0 fully saturated rings. The van der Waals surface area contributed by atoms with E-state index >= 15 is 0 Å². The molecule has 0 radical (unpaired) electrons. The summed E-state index contributed by atoms with van der Waals surface area (Å²) < 4.78 is 5.00. The average molecular weight is 341 g/mol. The molecule has 3 N–H and O–H groups in total. The summed E-state index contributed by atoms with van der Waals surface area (Å²) in [4.78, 5) is 31.1. The quantitative estimate of drug-likeness (QED) is 0.642. The average Bonchev–Trinajstić information content (AvgIpc) is 3.06. The fourth-order valence-corrected chi connectivity index (χ4v) is 2.65. The molecule has 8 heteroatoms. The molecule has 3 aromatic rings. The van der Waals surface area contributed by atoms with E-state index in [-0.39, 0.29) is 17.8 Å². The van der Waals surface area contributed by atoms with Crippen molar-refractivity contribution in [3.63, 3.8) is 0 Å². The van der Waals surface area contributed by atoms with Crippen LogP contribution in [0, 0.1) is 13.8 Å². The number of benzene rings is 1. The molecule has 2 heterocycles. The molecule has 0 aliphatic carbocycles. The van der Waals surface area contributed by atoms with Gasteiger partial charge in [0.05, 0.1) is 12.1 Å². The first kappa shape index (κ1) is 16.8. The molecule has 130 valence electrons. The molecule has 0 spiro atoms. The van der Waals surface area contributed by atoms with Crippen LogP contribution >= 0.6 is 0 Å². The van der Waals surface area contributed by atoms with Crippen molar-refractivity contribution in [3.05, 3.63) is 57.0 Å². The van der Waals surface area contributed by atoms with E-state index in [1.165, 1.54) is 7.05 Å². The SMILES string of the molecule is CNC(=O)c1noc(CNCc2cc(=O)c3c(C)ccc(C)c3[nH]2)n1. The number of H-pyrrole nitrogens is 1. The smallest absolute Gasteiger partial charge is 0.292 e. The van der Waals surface area contributed by atoms with Crippen molar-refractivity contribution < 1.29 is 9.32 Å². The fraction of sp³-hybridized carbons (Fsp3) is 0.294. The van der Waals surface area contributed by atoms with Crippen LogP contribution in [0.1, 0.15) is 33.3 Å². The third-order valence-electron chi connectivity index (χ3n) is 3.95. The first-order chi connectivity index (χ1) is 12.0. The van der Waals surface area contributed by atoms with Crippen LogP contribution in [0.3, 0.4) is 0 Å². The minimum Gasteiger partial charge on any atom is -0.357 e. The van der Waals surface area contributed by atoms with E-state index in [0.717, 1.165) is 27.7 Å². The van der Waals surface area contributed by atoms with Crippen LogP contribution in [-0.2, 0) is 13.1 Å². The van der Waals surface area contributed by atoms with Crippen LogP contribution in [0.2, 0.25) is 0 Å². The Hall–Kier alpha value is -3.00. The van der Waals surface area contributed by atoms with Gasteiger partial charge in [-0.15, -0.1) is 0 Å². The summed E-state index contributed by atoms with van der Waals surface area (Å²) in [6, 6.07) is 5.53. The number of carbonyl (C=O) groups excluding carboxylic acids is 1. The number of hydrogen-bond donors (Lipinski definition) is 3. The molecule has 1 aromatic carbocycles. The number of aromatic amines is 1. The van der Waals surface area contributed by atoms with E-state index in [0.29, 0.717) is 12.4 Å². The van der Waals surface area contributed by atoms with Gasteiger partial charge in [-0.1, -0.05) is 17.3 Å². The standard InChI is InChI=1S/C17H19N5O3/c1-9-4-5-10(2)15-14(9)12(23)6-11(20-15)7-19-8-13-21-16(22-25-13)17(24)18-3/h4-6,19H,7-8H2,1-3H3,(H,18,24)(H,20,23). The predicted octanol–water partition coefficient (Wildman–Crippen LogP) is 1.18. The number of nitrogens with one attached hydrogen (secondary N) is 3. The van der Waals surface area contributed by atoms with E-state index in [9.17, 15) is 9.59 Å². The molecular weight excluding hydrogens is 322 g/mol. The number of hydrogen-bond acceptors (Lipinski definition) is 6. The van der Waals surface area contributed by atoms with Gasteiger partial charge in [-0.05, 0) is 25.0 Å². The second kappa shape index (κ2) is 6.86. The summed E-state index contributed by atoms with van der Waals surface area (Å²) in [7, 11) is 1.50. The lowest BCUT2D eigenvalue weighted by Gasteiger charge is -2.09. The lowest BCUT2D eigenvalue weighted by Crippen LogP contribution is -2.20. The predicted molar refractivity (Wildman–Crippen MR) is 92.3 cm³/mol. The molecule has 0 unspecified atom stereocenters. The minimum atomic E-state index is -0.403. The summed E-state index contributed by atoms with van der Waals surface area (Å²) >= 11 is 0. The fourth-order valence-electron chi connectivity index (χ4n) is 2.65. The molecule has 2 aromatic heterocycles.